The van der Waals surface area contributed by atoms with Gasteiger partial charge in [0.05, 0.1) is 0 Å². The van der Waals surface area contributed by atoms with Crippen molar-refractivity contribution in [2.75, 3.05) is 0 Å². The summed E-state index contributed by atoms with van der Waals surface area (Å²) in [7, 11) is -1.51. The molecule has 0 rings (SSSR count). The van der Waals surface area contributed by atoms with E-state index in [0.717, 1.165) is 0 Å². The van der Waals surface area contributed by atoms with Gasteiger partial charge in [-0.05, 0) is 19.6 Å². The minimum absolute atomic E-state index is 0.333. The second-order valence-electron chi connectivity index (χ2n) is 3.11. The van der Waals surface area contributed by atoms with Gasteiger partial charge in [-0.25, -0.2) is 0 Å². The Bertz CT molecular complexity index is 158. The van der Waals surface area contributed by atoms with Crippen LogP contribution in [0, 0.1) is 0 Å². The second kappa shape index (κ2) is 4.18. The van der Waals surface area contributed by atoms with E-state index in [4.69, 9.17) is 4.43 Å². The summed E-state index contributed by atoms with van der Waals surface area (Å²) < 4.78 is 9.78. The van der Waals surface area contributed by atoms with Crippen molar-refractivity contribution in [2.45, 2.75) is 26.6 Å². The van der Waals surface area contributed by atoms with Gasteiger partial charge in [-0.15, -0.1) is 0 Å². The van der Waals surface area contributed by atoms with Crippen LogP contribution in [0.3, 0.4) is 0 Å². The van der Waals surface area contributed by atoms with Crippen molar-refractivity contribution in [3.63, 3.8) is 0 Å². The molecule has 3 nitrogen and oxygen atoms in total. The Morgan fingerprint density at radius 3 is 2.18 bits per heavy atom. The Kier molecular flexibility index (Phi) is 3.88. The minimum atomic E-state index is -1.51. The highest BCUT2D eigenvalue weighted by Crippen LogP contribution is 2.02. The van der Waals surface area contributed by atoms with Crippen molar-refractivity contribution in [3.05, 3.63) is 12.5 Å². The molecule has 0 amide bonds. The smallest absolute Gasteiger partial charge is 0.307 e. The highest BCUT2D eigenvalue weighted by atomic mass is 28.4. The summed E-state index contributed by atoms with van der Waals surface area (Å²) in [6, 6.07) is 0. The van der Waals surface area contributed by atoms with E-state index in [1.807, 2.05) is 19.6 Å². The molecule has 0 N–H and O–H groups in total. The molecule has 0 unspecified atom stereocenters. The van der Waals surface area contributed by atoms with Gasteiger partial charge in [0.15, 0.2) is 0 Å². The van der Waals surface area contributed by atoms with E-state index >= 15 is 0 Å². The molecule has 0 aliphatic rings. The molecule has 0 fully saturated rings. The van der Waals surface area contributed by atoms with Crippen LogP contribution in [0.15, 0.2) is 12.5 Å². The number of carbonyl (C=O) groups is 1. The first-order chi connectivity index (χ1) is 4.92. The fraction of sp³-hybridized carbons (Fsp3) is 0.571. The maximum atomic E-state index is 10.3. The summed E-state index contributed by atoms with van der Waals surface area (Å²) in [6.45, 7) is 7.49. The van der Waals surface area contributed by atoms with E-state index in [-0.39, 0.29) is 5.97 Å². The van der Waals surface area contributed by atoms with E-state index < -0.39 is 8.32 Å². The number of rotatable bonds is 3. The second-order valence-corrected chi connectivity index (χ2v) is 7.57. The Labute approximate surface area is 68.1 Å². The summed E-state index contributed by atoms with van der Waals surface area (Å²) in [5.41, 5.74) is 0. The molecule has 0 atom stereocenters. The molecule has 0 saturated heterocycles. The molecule has 4 heteroatoms. The van der Waals surface area contributed by atoms with Gasteiger partial charge >= 0.3 is 5.97 Å². The Balaban J connectivity index is 3.53. The molecule has 0 saturated carbocycles. The maximum absolute atomic E-state index is 10.3. The first kappa shape index (κ1) is 10.2. The van der Waals surface area contributed by atoms with Crippen LogP contribution < -0.4 is 0 Å². The van der Waals surface area contributed by atoms with Crippen LogP contribution in [0.2, 0.25) is 19.6 Å². The Hall–Kier alpha value is -0.773. The first-order valence-corrected chi connectivity index (χ1v) is 6.83. The molecule has 0 aromatic rings. The highest BCUT2D eigenvalue weighted by molar-refractivity contribution is 6.69. The van der Waals surface area contributed by atoms with Crippen molar-refractivity contribution < 1.29 is 14.0 Å². The van der Waals surface area contributed by atoms with E-state index in [9.17, 15) is 4.79 Å². The molecule has 0 radical (unpaired) electrons. The molecule has 64 valence electrons. The van der Waals surface area contributed by atoms with Crippen molar-refractivity contribution in [3.8, 4) is 0 Å². The molecule has 0 heterocycles. The van der Waals surface area contributed by atoms with Crippen molar-refractivity contribution >= 4 is 14.3 Å². The van der Waals surface area contributed by atoms with Gasteiger partial charge in [0.2, 0.25) is 8.32 Å². The molecule has 0 aromatic carbocycles. The van der Waals surface area contributed by atoms with Crippen molar-refractivity contribution in [1.82, 2.24) is 0 Å². The maximum Gasteiger partial charge on any atom is 0.307 e. The van der Waals surface area contributed by atoms with Gasteiger partial charge in [0.25, 0.3) is 0 Å². The lowest BCUT2D eigenvalue weighted by Gasteiger charge is -2.13. The molecule has 0 bridgehead atoms. The summed E-state index contributed by atoms with van der Waals surface area (Å²) in [5, 5.41) is 0. The van der Waals surface area contributed by atoms with Crippen LogP contribution in [0.25, 0.3) is 0 Å². The van der Waals surface area contributed by atoms with Crippen LogP contribution in [-0.4, -0.2) is 14.3 Å². The third-order valence-corrected chi connectivity index (χ3v) is 1.55. The number of ether oxygens (including phenoxy) is 1. The van der Waals surface area contributed by atoms with E-state index in [1.54, 1.807) is 0 Å². The van der Waals surface area contributed by atoms with Gasteiger partial charge in [0.1, 0.15) is 12.5 Å². The predicted octanol–water partition coefficient (Wildman–Crippen LogP) is 1.87. The quantitative estimate of drug-likeness (QED) is 0.372. The monoisotopic (exact) mass is 174 g/mol. The average Bonchev–Trinajstić information content (AvgIpc) is 1.78. The zero-order chi connectivity index (χ0) is 8.91. The van der Waals surface area contributed by atoms with Gasteiger partial charge in [-0.3, -0.25) is 4.79 Å². The topological polar surface area (TPSA) is 35.5 Å². The molecular weight excluding hydrogens is 160 g/mol. The SMILES string of the molecule is CC(=O)O/C=C\O[Si](C)(C)C. The normalized spacial score (nSPS) is 11.6. The summed E-state index contributed by atoms with van der Waals surface area (Å²) in [5.74, 6) is -0.333. The Morgan fingerprint density at radius 1 is 1.27 bits per heavy atom. The molecule has 0 spiro atoms. The van der Waals surface area contributed by atoms with E-state index in [2.05, 4.69) is 4.74 Å². The molecule has 11 heavy (non-hydrogen) atoms. The van der Waals surface area contributed by atoms with Gasteiger partial charge < -0.3 is 9.16 Å². The minimum Gasteiger partial charge on any atom is -0.547 e. The number of hydrogen-bond acceptors (Lipinski definition) is 3. The lowest BCUT2D eigenvalue weighted by molar-refractivity contribution is -0.135. The van der Waals surface area contributed by atoms with Crippen LogP contribution in [0.1, 0.15) is 6.92 Å². The fourth-order valence-electron chi connectivity index (χ4n) is 0.355. The van der Waals surface area contributed by atoms with Crippen LogP contribution in [0.5, 0.6) is 0 Å². The zero-order valence-electron chi connectivity index (χ0n) is 7.38. The Morgan fingerprint density at radius 2 is 1.82 bits per heavy atom. The zero-order valence-corrected chi connectivity index (χ0v) is 8.38. The summed E-state index contributed by atoms with van der Waals surface area (Å²) in [4.78, 5) is 10.3. The standard InChI is InChI=1S/C7H14O3Si/c1-7(8)9-5-6-10-11(2,3)4/h5-6H,1-4H3/b6-5-. The predicted molar refractivity (Wildman–Crippen MR) is 45.3 cm³/mol. The lowest BCUT2D eigenvalue weighted by atomic mass is 10.8. The van der Waals surface area contributed by atoms with Crippen molar-refractivity contribution in [1.29, 1.82) is 0 Å². The van der Waals surface area contributed by atoms with Crippen LogP contribution in [0.4, 0.5) is 0 Å². The van der Waals surface area contributed by atoms with Gasteiger partial charge in [-0.2, -0.15) is 0 Å². The fourth-order valence-corrected chi connectivity index (χ4v) is 0.819. The van der Waals surface area contributed by atoms with E-state index in [1.165, 1.54) is 19.4 Å². The largest absolute Gasteiger partial charge is 0.547 e. The average molecular weight is 174 g/mol. The molecule has 0 aliphatic heterocycles. The summed E-state index contributed by atoms with van der Waals surface area (Å²) in [6.07, 6.45) is 2.69. The van der Waals surface area contributed by atoms with Crippen molar-refractivity contribution in [2.24, 2.45) is 0 Å². The molecular formula is C7H14O3Si. The highest BCUT2D eigenvalue weighted by Gasteiger charge is 2.12. The number of esters is 1. The van der Waals surface area contributed by atoms with Crippen LogP contribution in [-0.2, 0) is 14.0 Å². The van der Waals surface area contributed by atoms with Gasteiger partial charge in [-0.1, -0.05) is 0 Å². The lowest BCUT2D eigenvalue weighted by Crippen LogP contribution is -2.21. The number of hydrogen-bond donors (Lipinski definition) is 0. The van der Waals surface area contributed by atoms with E-state index in [0.29, 0.717) is 0 Å². The third-order valence-electron chi connectivity index (χ3n) is 0.711. The third kappa shape index (κ3) is 9.23. The first-order valence-electron chi connectivity index (χ1n) is 3.42. The summed E-state index contributed by atoms with van der Waals surface area (Å²) >= 11 is 0. The molecule has 0 aliphatic carbocycles. The van der Waals surface area contributed by atoms with Gasteiger partial charge in [0, 0.05) is 6.92 Å². The molecule has 0 aromatic heterocycles. The van der Waals surface area contributed by atoms with Crippen LogP contribution >= 0.6 is 0 Å². The number of carbonyl (C=O) groups excluding carboxylic acids is 1.